The highest BCUT2D eigenvalue weighted by atomic mass is 15.1. The Morgan fingerprint density at radius 1 is 1.17 bits per heavy atom. The van der Waals surface area contributed by atoms with Crippen LogP contribution in [0.25, 0.3) is 0 Å². The molecule has 1 aromatic carbocycles. The van der Waals surface area contributed by atoms with Gasteiger partial charge in [0.1, 0.15) is 0 Å². The van der Waals surface area contributed by atoms with Crippen molar-refractivity contribution in [2.24, 2.45) is 0 Å². The normalized spacial score (nSPS) is 11.2. The van der Waals surface area contributed by atoms with Crippen molar-refractivity contribution in [2.75, 3.05) is 31.5 Å². The third kappa shape index (κ3) is 5.09. The average Bonchev–Trinajstić information content (AvgIpc) is 2.39. The highest BCUT2D eigenvalue weighted by molar-refractivity contribution is 5.46. The molecule has 0 saturated carbocycles. The van der Waals surface area contributed by atoms with Gasteiger partial charge in [-0.15, -0.1) is 0 Å². The van der Waals surface area contributed by atoms with Crippen LogP contribution in [0.5, 0.6) is 0 Å². The lowest BCUT2D eigenvalue weighted by atomic mass is 10.0. The van der Waals surface area contributed by atoms with Crippen molar-refractivity contribution in [3.63, 3.8) is 0 Å². The molecule has 0 bridgehead atoms. The van der Waals surface area contributed by atoms with E-state index in [1.54, 1.807) is 0 Å². The van der Waals surface area contributed by atoms with E-state index in [2.05, 4.69) is 62.2 Å². The van der Waals surface area contributed by atoms with Crippen molar-refractivity contribution >= 4 is 5.69 Å². The Labute approximate surface area is 112 Å². The summed E-state index contributed by atoms with van der Waals surface area (Å²) in [6.07, 6.45) is 1.20. The zero-order valence-corrected chi connectivity index (χ0v) is 12.4. The minimum atomic E-state index is 0.599. The SMILES string of the molecule is CCN(CC)CCCNc1cccc(C(C)C)c1. The van der Waals surface area contributed by atoms with E-state index in [4.69, 9.17) is 0 Å². The first-order chi connectivity index (χ1) is 8.67. The third-order valence-electron chi connectivity index (χ3n) is 3.43. The Morgan fingerprint density at radius 3 is 2.50 bits per heavy atom. The minimum absolute atomic E-state index is 0.599. The van der Waals surface area contributed by atoms with Crippen LogP contribution in [0.1, 0.15) is 45.6 Å². The van der Waals surface area contributed by atoms with Crippen molar-refractivity contribution in [1.82, 2.24) is 4.90 Å². The molecule has 0 aliphatic heterocycles. The van der Waals surface area contributed by atoms with E-state index in [9.17, 15) is 0 Å². The van der Waals surface area contributed by atoms with Gasteiger partial charge in [-0.25, -0.2) is 0 Å². The molecule has 0 aliphatic rings. The second kappa shape index (κ2) is 8.15. The molecule has 0 aromatic heterocycles. The van der Waals surface area contributed by atoms with Gasteiger partial charge in [0.2, 0.25) is 0 Å². The largest absolute Gasteiger partial charge is 0.385 e. The van der Waals surface area contributed by atoms with Crippen LogP contribution < -0.4 is 5.32 Å². The van der Waals surface area contributed by atoms with Crippen LogP contribution in [0.3, 0.4) is 0 Å². The zero-order chi connectivity index (χ0) is 13.4. The molecule has 2 nitrogen and oxygen atoms in total. The second-order valence-electron chi connectivity index (χ2n) is 5.09. The van der Waals surface area contributed by atoms with E-state index in [1.807, 2.05) is 0 Å². The molecule has 0 spiro atoms. The maximum atomic E-state index is 3.52. The van der Waals surface area contributed by atoms with E-state index in [-0.39, 0.29) is 0 Å². The summed E-state index contributed by atoms with van der Waals surface area (Å²) in [5.74, 6) is 0.599. The Kier molecular flexibility index (Phi) is 6.81. The van der Waals surface area contributed by atoms with Gasteiger partial charge >= 0.3 is 0 Å². The lowest BCUT2D eigenvalue weighted by molar-refractivity contribution is 0.303. The van der Waals surface area contributed by atoms with Gasteiger partial charge in [-0.05, 0) is 49.7 Å². The number of nitrogens with one attached hydrogen (secondary N) is 1. The second-order valence-corrected chi connectivity index (χ2v) is 5.09. The van der Waals surface area contributed by atoms with Crippen molar-refractivity contribution in [1.29, 1.82) is 0 Å². The van der Waals surface area contributed by atoms with Crippen LogP contribution in [-0.4, -0.2) is 31.1 Å². The highest BCUT2D eigenvalue weighted by Crippen LogP contribution is 2.18. The van der Waals surface area contributed by atoms with Crippen LogP contribution in [0.2, 0.25) is 0 Å². The fourth-order valence-corrected chi connectivity index (χ4v) is 2.08. The predicted octanol–water partition coefficient (Wildman–Crippen LogP) is 3.95. The summed E-state index contributed by atoms with van der Waals surface area (Å²) in [5, 5.41) is 3.52. The van der Waals surface area contributed by atoms with E-state index in [0.717, 1.165) is 19.6 Å². The fraction of sp³-hybridized carbons (Fsp3) is 0.625. The molecule has 1 rings (SSSR count). The Hall–Kier alpha value is -1.02. The zero-order valence-electron chi connectivity index (χ0n) is 12.4. The molecule has 0 fully saturated rings. The first-order valence-electron chi connectivity index (χ1n) is 7.23. The third-order valence-corrected chi connectivity index (χ3v) is 3.43. The topological polar surface area (TPSA) is 15.3 Å². The van der Waals surface area contributed by atoms with Crippen LogP contribution >= 0.6 is 0 Å². The maximum Gasteiger partial charge on any atom is 0.0343 e. The number of nitrogens with zero attached hydrogens (tertiary/aromatic N) is 1. The summed E-state index contributed by atoms with van der Waals surface area (Å²) in [6, 6.07) is 8.76. The maximum absolute atomic E-state index is 3.52. The van der Waals surface area contributed by atoms with Crippen molar-refractivity contribution in [2.45, 2.75) is 40.0 Å². The van der Waals surface area contributed by atoms with E-state index in [1.165, 1.54) is 24.2 Å². The summed E-state index contributed by atoms with van der Waals surface area (Å²) in [5.41, 5.74) is 2.66. The summed E-state index contributed by atoms with van der Waals surface area (Å²) in [4.78, 5) is 2.46. The Bertz CT molecular complexity index is 330. The van der Waals surface area contributed by atoms with Gasteiger partial charge in [0, 0.05) is 12.2 Å². The first-order valence-corrected chi connectivity index (χ1v) is 7.23. The van der Waals surface area contributed by atoms with Crippen LogP contribution in [0, 0.1) is 0 Å². The predicted molar refractivity (Wildman–Crippen MR) is 81.4 cm³/mol. The molecule has 18 heavy (non-hydrogen) atoms. The Balaban J connectivity index is 2.33. The molecule has 0 unspecified atom stereocenters. The van der Waals surface area contributed by atoms with Gasteiger partial charge in [-0.3, -0.25) is 0 Å². The van der Waals surface area contributed by atoms with Gasteiger partial charge in [-0.1, -0.05) is 39.8 Å². The van der Waals surface area contributed by atoms with Crippen LogP contribution in [-0.2, 0) is 0 Å². The molecule has 0 saturated heterocycles. The lowest BCUT2D eigenvalue weighted by Crippen LogP contribution is -2.25. The molecular weight excluding hydrogens is 220 g/mol. The smallest absolute Gasteiger partial charge is 0.0343 e. The monoisotopic (exact) mass is 248 g/mol. The quantitative estimate of drug-likeness (QED) is 0.701. The molecule has 0 aliphatic carbocycles. The van der Waals surface area contributed by atoms with Crippen molar-refractivity contribution in [3.05, 3.63) is 29.8 Å². The van der Waals surface area contributed by atoms with E-state index < -0.39 is 0 Å². The van der Waals surface area contributed by atoms with Crippen LogP contribution in [0.15, 0.2) is 24.3 Å². The molecular formula is C16H28N2. The van der Waals surface area contributed by atoms with E-state index >= 15 is 0 Å². The molecule has 1 aromatic rings. The molecule has 0 radical (unpaired) electrons. The number of anilines is 1. The summed E-state index contributed by atoms with van der Waals surface area (Å²) in [7, 11) is 0. The highest BCUT2D eigenvalue weighted by Gasteiger charge is 2.01. The number of benzene rings is 1. The molecule has 1 N–H and O–H groups in total. The van der Waals surface area contributed by atoms with E-state index in [0.29, 0.717) is 5.92 Å². The van der Waals surface area contributed by atoms with Crippen molar-refractivity contribution < 1.29 is 0 Å². The summed E-state index contributed by atoms with van der Waals surface area (Å²) < 4.78 is 0. The standard InChI is InChI=1S/C16H28N2/c1-5-18(6-2)12-8-11-17-16-10-7-9-15(13-16)14(3)4/h7,9-10,13-14,17H,5-6,8,11-12H2,1-4H3. The van der Waals surface area contributed by atoms with Gasteiger partial charge in [-0.2, -0.15) is 0 Å². The number of hydrogen-bond donors (Lipinski definition) is 1. The fourth-order valence-electron chi connectivity index (χ4n) is 2.08. The first kappa shape index (κ1) is 15.0. The van der Waals surface area contributed by atoms with Gasteiger partial charge in [0.25, 0.3) is 0 Å². The van der Waals surface area contributed by atoms with Gasteiger partial charge in [0.05, 0.1) is 0 Å². The number of hydrogen-bond acceptors (Lipinski definition) is 2. The van der Waals surface area contributed by atoms with Gasteiger partial charge in [0.15, 0.2) is 0 Å². The lowest BCUT2D eigenvalue weighted by Gasteiger charge is -2.18. The average molecular weight is 248 g/mol. The molecule has 2 heteroatoms. The molecule has 0 atom stereocenters. The van der Waals surface area contributed by atoms with Crippen molar-refractivity contribution in [3.8, 4) is 0 Å². The minimum Gasteiger partial charge on any atom is -0.385 e. The van der Waals surface area contributed by atoms with Crippen LogP contribution in [0.4, 0.5) is 5.69 Å². The molecule has 0 heterocycles. The van der Waals surface area contributed by atoms with Gasteiger partial charge < -0.3 is 10.2 Å². The number of rotatable bonds is 8. The summed E-state index contributed by atoms with van der Waals surface area (Å²) in [6.45, 7) is 13.5. The summed E-state index contributed by atoms with van der Waals surface area (Å²) >= 11 is 0. The molecule has 0 amide bonds. The molecule has 102 valence electrons. The Morgan fingerprint density at radius 2 is 1.89 bits per heavy atom.